The molecule has 0 spiro atoms. The lowest BCUT2D eigenvalue weighted by Crippen LogP contribution is -2.39. The summed E-state index contributed by atoms with van der Waals surface area (Å²) in [4.78, 5) is 4.18. The van der Waals surface area contributed by atoms with Crippen molar-refractivity contribution in [2.75, 3.05) is 13.2 Å². The molecular formula is C12H21N3O2. The molecule has 2 rings (SSSR count). The molecule has 1 aliphatic heterocycles. The maximum atomic E-state index is 5.64. The molecule has 1 aliphatic rings. The van der Waals surface area contributed by atoms with Crippen molar-refractivity contribution in [1.29, 1.82) is 0 Å². The third-order valence-electron chi connectivity index (χ3n) is 3.16. The normalized spacial score (nSPS) is 25.1. The minimum absolute atomic E-state index is 0.423. The molecule has 0 saturated carbocycles. The average Bonchev–Trinajstić information content (AvgIpc) is 2.75. The van der Waals surface area contributed by atoms with E-state index in [1.165, 1.54) is 0 Å². The monoisotopic (exact) mass is 239 g/mol. The lowest BCUT2D eigenvalue weighted by molar-refractivity contribution is 0.0000509. The van der Waals surface area contributed by atoms with Gasteiger partial charge in [-0.2, -0.15) is 4.98 Å². The van der Waals surface area contributed by atoms with Gasteiger partial charge in [0.2, 0.25) is 5.89 Å². The number of rotatable bonds is 5. The molecule has 1 aromatic rings. The minimum atomic E-state index is 0.423. The van der Waals surface area contributed by atoms with Crippen molar-refractivity contribution in [1.82, 2.24) is 15.5 Å². The van der Waals surface area contributed by atoms with Crippen molar-refractivity contribution in [3.8, 4) is 0 Å². The van der Waals surface area contributed by atoms with Crippen molar-refractivity contribution in [2.45, 2.75) is 51.7 Å². The van der Waals surface area contributed by atoms with Crippen LogP contribution in [0.4, 0.5) is 0 Å². The lowest BCUT2D eigenvalue weighted by atomic mass is 10.0. The first-order valence-electron chi connectivity index (χ1n) is 6.42. The molecule has 96 valence electrons. The predicted molar refractivity (Wildman–Crippen MR) is 63.8 cm³/mol. The van der Waals surface area contributed by atoms with Crippen LogP contribution < -0.4 is 5.32 Å². The fraction of sp³-hybridized carbons (Fsp3) is 0.833. The molecule has 0 aliphatic carbocycles. The Hall–Kier alpha value is -0.940. The highest BCUT2D eigenvalue weighted by atomic mass is 16.5. The van der Waals surface area contributed by atoms with Crippen LogP contribution in [0, 0.1) is 6.92 Å². The molecule has 2 heterocycles. The highest BCUT2D eigenvalue weighted by Gasteiger charge is 2.20. The van der Waals surface area contributed by atoms with E-state index in [1.54, 1.807) is 0 Å². The number of aromatic nitrogens is 2. The quantitative estimate of drug-likeness (QED) is 0.843. The summed E-state index contributed by atoms with van der Waals surface area (Å²) in [5.41, 5.74) is 0. The zero-order valence-electron chi connectivity index (χ0n) is 10.6. The van der Waals surface area contributed by atoms with Crippen LogP contribution in [0.25, 0.3) is 0 Å². The van der Waals surface area contributed by atoms with Gasteiger partial charge in [-0.1, -0.05) is 12.1 Å². The van der Waals surface area contributed by atoms with E-state index in [4.69, 9.17) is 9.26 Å². The van der Waals surface area contributed by atoms with Gasteiger partial charge in [0.15, 0.2) is 5.82 Å². The zero-order valence-corrected chi connectivity index (χ0v) is 10.6. The number of hydrogen-bond donors (Lipinski definition) is 1. The first-order chi connectivity index (χ1) is 8.28. The topological polar surface area (TPSA) is 60.2 Å². The molecule has 1 fully saturated rings. The van der Waals surface area contributed by atoms with E-state index in [0.29, 0.717) is 23.9 Å². The van der Waals surface area contributed by atoms with Crippen LogP contribution in [0.5, 0.6) is 0 Å². The van der Waals surface area contributed by atoms with Crippen LogP contribution >= 0.6 is 0 Å². The molecule has 2 unspecified atom stereocenters. The van der Waals surface area contributed by atoms with Crippen molar-refractivity contribution in [3.63, 3.8) is 0 Å². The Morgan fingerprint density at radius 2 is 2.35 bits per heavy atom. The summed E-state index contributed by atoms with van der Waals surface area (Å²) in [7, 11) is 0. The summed E-state index contributed by atoms with van der Waals surface area (Å²) >= 11 is 0. The number of nitrogens with one attached hydrogen (secondary N) is 1. The molecule has 2 atom stereocenters. The Morgan fingerprint density at radius 1 is 1.47 bits per heavy atom. The lowest BCUT2D eigenvalue weighted by Gasteiger charge is -2.29. The van der Waals surface area contributed by atoms with Gasteiger partial charge in [0.1, 0.15) is 0 Å². The third-order valence-corrected chi connectivity index (χ3v) is 3.16. The second-order valence-corrected chi connectivity index (χ2v) is 4.56. The fourth-order valence-corrected chi connectivity index (χ4v) is 2.17. The summed E-state index contributed by atoms with van der Waals surface area (Å²) in [5, 5.41) is 7.31. The van der Waals surface area contributed by atoms with Gasteiger partial charge in [0.25, 0.3) is 0 Å². The third kappa shape index (κ3) is 3.78. The van der Waals surface area contributed by atoms with Gasteiger partial charge in [0, 0.05) is 25.6 Å². The van der Waals surface area contributed by atoms with Gasteiger partial charge in [-0.05, 0) is 26.2 Å². The number of nitrogens with zero attached hydrogens (tertiary/aromatic N) is 2. The molecule has 0 aromatic carbocycles. The summed E-state index contributed by atoms with van der Waals surface area (Å²) in [6.07, 6.45) is 4.53. The van der Waals surface area contributed by atoms with E-state index in [9.17, 15) is 0 Å². The van der Waals surface area contributed by atoms with Gasteiger partial charge in [-0.15, -0.1) is 0 Å². The molecule has 5 nitrogen and oxygen atoms in total. The van der Waals surface area contributed by atoms with E-state index in [1.807, 2.05) is 6.92 Å². The zero-order chi connectivity index (χ0) is 12.1. The minimum Gasteiger partial charge on any atom is -0.378 e. The fourth-order valence-electron chi connectivity index (χ4n) is 2.17. The molecule has 1 N–H and O–H groups in total. The predicted octanol–water partition coefficient (Wildman–Crippen LogP) is 1.47. The van der Waals surface area contributed by atoms with E-state index in [2.05, 4.69) is 22.4 Å². The molecule has 0 bridgehead atoms. The molecule has 0 radical (unpaired) electrons. The van der Waals surface area contributed by atoms with Crippen molar-refractivity contribution >= 4 is 0 Å². The Kier molecular flexibility index (Phi) is 4.50. The molecule has 0 amide bonds. The first kappa shape index (κ1) is 12.5. The first-order valence-corrected chi connectivity index (χ1v) is 6.42. The average molecular weight is 239 g/mol. The molecule has 5 heteroatoms. The van der Waals surface area contributed by atoms with E-state index in [0.717, 1.165) is 38.8 Å². The highest BCUT2D eigenvalue weighted by Crippen LogP contribution is 2.16. The summed E-state index contributed by atoms with van der Waals surface area (Å²) in [5.74, 6) is 1.42. The Labute approximate surface area is 102 Å². The van der Waals surface area contributed by atoms with E-state index < -0.39 is 0 Å². The van der Waals surface area contributed by atoms with Crippen LogP contribution in [0.15, 0.2) is 4.52 Å². The second-order valence-electron chi connectivity index (χ2n) is 4.56. The maximum absolute atomic E-state index is 5.64. The highest BCUT2D eigenvalue weighted by molar-refractivity contribution is 4.84. The summed E-state index contributed by atoms with van der Waals surface area (Å²) in [6, 6.07) is 0.567. The molecule has 17 heavy (non-hydrogen) atoms. The van der Waals surface area contributed by atoms with Gasteiger partial charge in [-0.3, -0.25) is 0 Å². The Morgan fingerprint density at radius 3 is 3.06 bits per heavy atom. The second kappa shape index (κ2) is 6.12. The van der Waals surface area contributed by atoms with E-state index in [-0.39, 0.29) is 0 Å². The Balaban J connectivity index is 1.68. The summed E-state index contributed by atoms with van der Waals surface area (Å²) < 4.78 is 10.7. The van der Waals surface area contributed by atoms with Gasteiger partial charge < -0.3 is 14.6 Å². The van der Waals surface area contributed by atoms with Crippen LogP contribution in [-0.4, -0.2) is 35.4 Å². The number of hydrogen-bond acceptors (Lipinski definition) is 5. The van der Waals surface area contributed by atoms with Crippen molar-refractivity contribution < 1.29 is 9.26 Å². The van der Waals surface area contributed by atoms with Crippen molar-refractivity contribution in [3.05, 3.63) is 11.7 Å². The van der Waals surface area contributed by atoms with Crippen LogP contribution in [0.3, 0.4) is 0 Å². The number of ether oxygens (including phenoxy) is 1. The van der Waals surface area contributed by atoms with E-state index >= 15 is 0 Å². The molecular weight excluding hydrogens is 218 g/mol. The maximum Gasteiger partial charge on any atom is 0.227 e. The Bertz CT molecular complexity index is 340. The van der Waals surface area contributed by atoms with Crippen LogP contribution in [0.1, 0.15) is 37.9 Å². The van der Waals surface area contributed by atoms with Gasteiger partial charge >= 0.3 is 0 Å². The smallest absolute Gasteiger partial charge is 0.227 e. The number of aryl methyl sites for hydroxylation is 1. The van der Waals surface area contributed by atoms with Gasteiger partial charge in [0.05, 0.1) is 6.10 Å². The molecule has 1 saturated heterocycles. The standard InChI is InChI=1S/C12H21N3O2/c1-3-11-8-10(5-7-16-11)13-6-4-12-14-9(2)15-17-12/h10-11,13H,3-8H2,1-2H3. The van der Waals surface area contributed by atoms with Gasteiger partial charge in [-0.25, -0.2) is 0 Å². The largest absolute Gasteiger partial charge is 0.378 e. The molecule has 1 aromatic heterocycles. The van der Waals surface area contributed by atoms with Crippen LogP contribution in [0.2, 0.25) is 0 Å². The van der Waals surface area contributed by atoms with Crippen LogP contribution in [-0.2, 0) is 11.2 Å². The SMILES string of the molecule is CCC1CC(NCCc2nc(C)no2)CCO1. The van der Waals surface area contributed by atoms with Crippen molar-refractivity contribution in [2.24, 2.45) is 0 Å². The summed E-state index contributed by atoms with van der Waals surface area (Å²) in [6.45, 7) is 5.78.